The summed E-state index contributed by atoms with van der Waals surface area (Å²) in [4.78, 5) is 14.2. The lowest BCUT2D eigenvalue weighted by Crippen LogP contribution is -2.17. The van der Waals surface area contributed by atoms with Crippen molar-refractivity contribution < 1.29 is 4.74 Å². The summed E-state index contributed by atoms with van der Waals surface area (Å²) in [5, 5.41) is 12.3. The van der Waals surface area contributed by atoms with E-state index in [1.165, 1.54) is 38.5 Å². The fraction of sp³-hybridized carbons (Fsp3) is 0.407. The fourth-order valence-corrected chi connectivity index (χ4v) is 5.42. The van der Waals surface area contributed by atoms with Crippen molar-refractivity contribution in [3.63, 3.8) is 0 Å². The first-order valence-corrected chi connectivity index (χ1v) is 12.7. The van der Waals surface area contributed by atoms with E-state index in [4.69, 9.17) is 19.8 Å². The van der Waals surface area contributed by atoms with E-state index in [1.54, 1.807) is 7.11 Å². The molecule has 0 spiro atoms. The van der Waals surface area contributed by atoms with Gasteiger partial charge in [-0.2, -0.15) is 9.61 Å². The van der Waals surface area contributed by atoms with Gasteiger partial charge in [0.1, 0.15) is 17.3 Å². The van der Waals surface area contributed by atoms with Crippen molar-refractivity contribution in [3.05, 3.63) is 48.8 Å². The maximum Gasteiger partial charge on any atom is 0.223 e. The number of hydrogen-bond acceptors (Lipinski definition) is 7. The second-order valence-electron chi connectivity index (χ2n) is 9.51. The molecule has 2 saturated carbocycles. The Bertz CT molecular complexity index is 1320. The van der Waals surface area contributed by atoms with Gasteiger partial charge in [-0.3, -0.25) is 0 Å². The van der Waals surface area contributed by atoms with Crippen molar-refractivity contribution >= 4 is 17.4 Å². The van der Waals surface area contributed by atoms with Crippen molar-refractivity contribution in [2.75, 3.05) is 17.7 Å². The van der Waals surface area contributed by atoms with Gasteiger partial charge in [0.25, 0.3) is 0 Å². The normalized spacial score (nSPS) is 16.7. The van der Waals surface area contributed by atoms with E-state index in [1.807, 2.05) is 53.3 Å². The molecule has 180 valence electrons. The Morgan fingerprint density at radius 2 is 1.57 bits per heavy atom. The molecule has 6 rings (SSSR count). The van der Waals surface area contributed by atoms with E-state index in [9.17, 15) is 0 Å². The molecule has 0 atom stereocenters. The third-order valence-electron chi connectivity index (χ3n) is 7.19. The Morgan fingerprint density at radius 1 is 0.857 bits per heavy atom. The summed E-state index contributed by atoms with van der Waals surface area (Å²) < 4.78 is 7.62. The van der Waals surface area contributed by atoms with Crippen LogP contribution in [-0.2, 0) is 0 Å². The number of aromatic nitrogens is 5. The first-order chi connectivity index (χ1) is 17.3. The van der Waals surface area contributed by atoms with Crippen LogP contribution in [0, 0.1) is 0 Å². The summed E-state index contributed by atoms with van der Waals surface area (Å²) >= 11 is 0. The Morgan fingerprint density at radius 3 is 2.34 bits per heavy atom. The average molecular weight is 470 g/mol. The molecule has 1 aromatic carbocycles. The van der Waals surface area contributed by atoms with Crippen molar-refractivity contribution in [2.45, 2.75) is 63.5 Å². The minimum atomic E-state index is 0.434. The summed E-state index contributed by atoms with van der Waals surface area (Å²) in [5.74, 6) is 2.36. The van der Waals surface area contributed by atoms with Crippen LogP contribution >= 0.6 is 0 Å². The Hall–Kier alpha value is -3.68. The SMILES string of the molecule is COc1ccccc1-c1nn2c(NC3CCCC3)ccnc2c1-c1ccnc(NC2CCCC2)n1. The lowest BCUT2D eigenvalue weighted by Gasteiger charge is -2.14. The van der Waals surface area contributed by atoms with Gasteiger partial charge in [-0.1, -0.05) is 37.8 Å². The summed E-state index contributed by atoms with van der Waals surface area (Å²) in [6.07, 6.45) is 13.4. The van der Waals surface area contributed by atoms with Crippen LogP contribution in [0.15, 0.2) is 48.8 Å². The molecule has 35 heavy (non-hydrogen) atoms. The number of fused-ring (bicyclic) bond motifs is 1. The van der Waals surface area contributed by atoms with Crippen LogP contribution in [0.4, 0.5) is 11.8 Å². The van der Waals surface area contributed by atoms with Gasteiger partial charge in [-0.25, -0.2) is 15.0 Å². The van der Waals surface area contributed by atoms with Gasteiger partial charge in [0.05, 0.1) is 18.4 Å². The van der Waals surface area contributed by atoms with Gasteiger partial charge in [0, 0.05) is 30.0 Å². The molecular weight excluding hydrogens is 438 g/mol. The molecule has 3 heterocycles. The first-order valence-electron chi connectivity index (χ1n) is 12.7. The molecule has 2 aliphatic rings. The van der Waals surface area contributed by atoms with E-state index >= 15 is 0 Å². The molecule has 0 aliphatic heterocycles. The molecule has 8 nitrogen and oxygen atoms in total. The lowest BCUT2D eigenvalue weighted by atomic mass is 10.0. The number of nitrogens with one attached hydrogen (secondary N) is 2. The summed E-state index contributed by atoms with van der Waals surface area (Å²) in [6, 6.07) is 12.8. The standard InChI is InChI=1S/C27H31N7O/c1-35-22-13-7-6-12-20(22)25-24(21-14-16-29-27(32-21)31-19-10-4-5-11-19)26-28-17-15-23(34(26)33-25)30-18-8-2-3-9-18/h6-7,12-19,30H,2-5,8-11H2,1H3,(H,29,31,32). The van der Waals surface area contributed by atoms with E-state index in [0.29, 0.717) is 18.0 Å². The van der Waals surface area contributed by atoms with E-state index in [-0.39, 0.29) is 0 Å². The maximum absolute atomic E-state index is 5.71. The molecule has 0 radical (unpaired) electrons. The second-order valence-corrected chi connectivity index (χ2v) is 9.51. The van der Waals surface area contributed by atoms with Crippen LogP contribution in [-0.4, -0.2) is 43.8 Å². The zero-order chi connectivity index (χ0) is 23.6. The molecule has 4 aromatic rings. The van der Waals surface area contributed by atoms with Crippen LogP contribution < -0.4 is 15.4 Å². The molecule has 2 fully saturated rings. The molecule has 8 heteroatoms. The smallest absolute Gasteiger partial charge is 0.223 e. The highest BCUT2D eigenvalue weighted by Gasteiger charge is 2.24. The number of benzene rings is 1. The number of nitrogens with zero attached hydrogens (tertiary/aromatic N) is 5. The Balaban J connectivity index is 1.50. The van der Waals surface area contributed by atoms with Gasteiger partial charge in [-0.15, -0.1) is 0 Å². The zero-order valence-corrected chi connectivity index (χ0v) is 20.1. The highest BCUT2D eigenvalue weighted by molar-refractivity contribution is 5.91. The Kier molecular flexibility index (Phi) is 5.94. The van der Waals surface area contributed by atoms with E-state index in [2.05, 4.69) is 15.6 Å². The molecular formula is C27H31N7O. The van der Waals surface area contributed by atoms with Crippen LogP contribution in [0.5, 0.6) is 5.75 Å². The van der Waals surface area contributed by atoms with Gasteiger partial charge in [0.15, 0.2) is 5.65 Å². The van der Waals surface area contributed by atoms with Crippen molar-refractivity contribution in [3.8, 4) is 28.3 Å². The van der Waals surface area contributed by atoms with Crippen molar-refractivity contribution in [1.82, 2.24) is 24.6 Å². The number of para-hydroxylation sites is 1. The summed E-state index contributed by atoms with van der Waals surface area (Å²) in [6.45, 7) is 0. The topological polar surface area (TPSA) is 89.3 Å². The third-order valence-corrected chi connectivity index (χ3v) is 7.19. The highest BCUT2D eigenvalue weighted by Crippen LogP contribution is 2.39. The van der Waals surface area contributed by atoms with Gasteiger partial charge in [0.2, 0.25) is 5.95 Å². The summed E-state index contributed by atoms with van der Waals surface area (Å²) in [7, 11) is 1.69. The van der Waals surface area contributed by atoms with Crippen LogP contribution in [0.3, 0.4) is 0 Å². The Labute approximate surface area is 205 Å². The maximum atomic E-state index is 5.71. The monoisotopic (exact) mass is 469 g/mol. The third kappa shape index (κ3) is 4.29. The first kappa shape index (κ1) is 21.8. The van der Waals surface area contributed by atoms with Crippen LogP contribution in [0.2, 0.25) is 0 Å². The number of methoxy groups -OCH3 is 1. The molecule has 2 aliphatic carbocycles. The van der Waals surface area contributed by atoms with Gasteiger partial charge >= 0.3 is 0 Å². The molecule has 3 aromatic heterocycles. The number of ether oxygens (including phenoxy) is 1. The molecule has 0 bridgehead atoms. The molecule has 2 N–H and O–H groups in total. The number of hydrogen-bond donors (Lipinski definition) is 2. The fourth-order valence-electron chi connectivity index (χ4n) is 5.42. The van der Waals surface area contributed by atoms with Crippen molar-refractivity contribution in [2.24, 2.45) is 0 Å². The lowest BCUT2D eigenvalue weighted by molar-refractivity contribution is 0.416. The van der Waals surface area contributed by atoms with Gasteiger partial charge in [-0.05, 0) is 49.9 Å². The van der Waals surface area contributed by atoms with Crippen molar-refractivity contribution in [1.29, 1.82) is 0 Å². The number of anilines is 2. The van der Waals surface area contributed by atoms with Crippen LogP contribution in [0.25, 0.3) is 28.2 Å². The zero-order valence-electron chi connectivity index (χ0n) is 20.1. The number of rotatable bonds is 7. The molecule has 0 saturated heterocycles. The van der Waals surface area contributed by atoms with Crippen LogP contribution in [0.1, 0.15) is 51.4 Å². The predicted octanol–water partition coefficient (Wildman–Crippen LogP) is 5.57. The largest absolute Gasteiger partial charge is 0.496 e. The highest BCUT2D eigenvalue weighted by atomic mass is 16.5. The minimum Gasteiger partial charge on any atom is -0.496 e. The summed E-state index contributed by atoms with van der Waals surface area (Å²) in [5.41, 5.74) is 4.13. The van der Waals surface area contributed by atoms with E-state index in [0.717, 1.165) is 52.6 Å². The molecule has 0 unspecified atom stereocenters. The van der Waals surface area contributed by atoms with E-state index < -0.39 is 0 Å². The second kappa shape index (κ2) is 9.52. The quantitative estimate of drug-likeness (QED) is 0.366. The molecule has 0 amide bonds. The minimum absolute atomic E-state index is 0.434. The predicted molar refractivity (Wildman–Crippen MR) is 138 cm³/mol. The average Bonchev–Trinajstić information content (AvgIpc) is 3.66. The van der Waals surface area contributed by atoms with Gasteiger partial charge < -0.3 is 15.4 Å².